The molecule has 128 valence electrons. The van der Waals surface area contributed by atoms with Crippen molar-refractivity contribution in [2.75, 3.05) is 21.3 Å². The van der Waals surface area contributed by atoms with Crippen LogP contribution in [0.15, 0.2) is 48.5 Å². The standard InChI is InChI=1S/C19H24N2O3/c1-14(16-10-11-17(23-3)18(12-16)24-4)20-19(22)21(2)13-15-8-6-5-7-9-15/h5-12,14H,13H2,1-4H3,(H,20,22). The Morgan fingerprint density at radius 1 is 1.08 bits per heavy atom. The fraction of sp³-hybridized carbons (Fsp3) is 0.316. The van der Waals surface area contributed by atoms with Crippen LogP contribution in [0.1, 0.15) is 24.1 Å². The van der Waals surface area contributed by atoms with E-state index in [9.17, 15) is 4.79 Å². The van der Waals surface area contributed by atoms with Crippen molar-refractivity contribution in [3.05, 3.63) is 59.7 Å². The van der Waals surface area contributed by atoms with Crippen LogP contribution in [0, 0.1) is 0 Å². The van der Waals surface area contributed by atoms with Crippen LogP contribution < -0.4 is 14.8 Å². The number of rotatable bonds is 6. The number of hydrogen-bond donors (Lipinski definition) is 1. The van der Waals surface area contributed by atoms with Crippen LogP contribution >= 0.6 is 0 Å². The van der Waals surface area contributed by atoms with E-state index in [2.05, 4.69) is 5.32 Å². The molecule has 2 aromatic carbocycles. The molecule has 1 unspecified atom stereocenters. The molecule has 0 aliphatic carbocycles. The Balaban J connectivity index is 2.00. The minimum Gasteiger partial charge on any atom is -0.493 e. The molecule has 0 aromatic heterocycles. The van der Waals surface area contributed by atoms with Crippen LogP contribution in [0.4, 0.5) is 4.79 Å². The number of carbonyl (C=O) groups is 1. The van der Waals surface area contributed by atoms with Gasteiger partial charge in [0.1, 0.15) is 0 Å². The first-order chi connectivity index (χ1) is 11.5. The second-order valence-electron chi connectivity index (χ2n) is 5.63. The lowest BCUT2D eigenvalue weighted by atomic mass is 10.1. The van der Waals surface area contributed by atoms with Gasteiger partial charge in [0.2, 0.25) is 0 Å². The highest BCUT2D eigenvalue weighted by Crippen LogP contribution is 2.29. The van der Waals surface area contributed by atoms with E-state index in [1.165, 1.54) is 0 Å². The van der Waals surface area contributed by atoms with Crippen molar-refractivity contribution in [1.82, 2.24) is 10.2 Å². The number of hydrogen-bond acceptors (Lipinski definition) is 3. The molecule has 1 atom stereocenters. The molecular formula is C19H24N2O3. The second-order valence-corrected chi connectivity index (χ2v) is 5.63. The minimum absolute atomic E-state index is 0.124. The number of carbonyl (C=O) groups excluding carboxylic acids is 1. The molecule has 5 heteroatoms. The van der Waals surface area contributed by atoms with E-state index >= 15 is 0 Å². The molecule has 2 amide bonds. The van der Waals surface area contributed by atoms with Gasteiger partial charge in [0.15, 0.2) is 11.5 Å². The normalized spacial score (nSPS) is 11.5. The molecule has 0 bridgehead atoms. The Labute approximate surface area is 143 Å². The molecule has 0 spiro atoms. The number of methoxy groups -OCH3 is 2. The Kier molecular flexibility index (Phi) is 6.07. The predicted molar refractivity (Wildman–Crippen MR) is 94.4 cm³/mol. The molecule has 0 aliphatic heterocycles. The van der Waals surface area contributed by atoms with Gasteiger partial charge in [-0.05, 0) is 30.2 Å². The van der Waals surface area contributed by atoms with E-state index in [1.807, 2.05) is 55.5 Å². The zero-order valence-electron chi connectivity index (χ0n) is 14.6. The Morgan fingerprint density at radius 3 is 2.38 bits per heavy atom. The number of amides is 2. The number of nitrogens with one attached hydrogen (secondary N) is 1. The van der Waals surface area contributed by atoms with E-state index in [0.717, 1.165) is 11.1 Å². The highest BCUT2D eigenvalue weighted by atomic mass is 16.5. The van der Waals surface area contributed by atoms with Gasteiger partial charge in [0.25, 0.3) is 0 Å². The highest BCUT2D eigenvalue weighted by molar-refractivity contribution is 5.74. The van der Waals surface area contributed by atoms with E-state index in [-0.39, 0.29) is 12.1 Å². The molecule has 0 saturated carbocycles. The third-order valence-corrected chi connectivity index (χ3v) is 3.86. The lowest BCUT2D eigenvalue weighted by Crippen LogP contribution is -2.38. The molecule has 0 saturated heterocycles. The van der Waals surface area contributed by atoms with Crippen LogP contribution in [0.25, 0.3) is 0 Å². The van der Waals surface area contributed by atoms with Crippen molar-refractivity contribution in [1.29, 1.82) is 0 Å². The van der Waals surface area contributed by atoms with Gasteiger partial charge in [0.05, 0.1) is 20.3 Å². The van der Waals surface area contributed by atoms with Gasteiger partial charge >= 0.3 is 6.03 Å². The smallest absolute Gasteiger partial charge is 0.317 e. The number of nitrogens with zero attached hydrogens (tertiary/aromatic N) is 1. The lowest BCUT2D eigenvalue weighted by molar-refractivity contribution is 0.203. The van der Waals surface area contributed by atoms with Crippen LogP contribution in [0.3, 0.4) is 0 Å². The summed E-state index contributed by atoms with van der Waals surface area (Å²) in [5.41, 5.74) is 2.04. The van der Waals surface area contributed by atoms with E-state index in [0.29, 0.717) is 18.0 Å². The molecular weight excluding hydrogens is 304 g/mol. The first kappa shape index (κ1) is 17.7. The lowest BCUT2D eigenvalue weighted by Gasteiger charge is -2.22. The van der Waals surface area contributed by atoms with Gasteiger partial charge < -0.3 is 19.7 Å². The number of ether oxygens (including phenoxy) is 2. The second kappa shape index (κ2) is 8.24. The molecule has 24 heavy (non-hydrogen) atoms. The summed E-state index contributed by atoms with van der Waals surface area (Å²) in [5, 5.41) is 3.00. The van der Waals surface area contributed by atoms with Crippen LogP contribution in [-0.2, 0) is 6.54 Å². The van der Waals surface area contributed by atoms with Crippen molar-refractivity contribution in [2.45, 2.75) is 19.5 Å². The summed E-state index contributed by atoms with van der Waals surface area (Å²) in [6, 6.07) is 15.3. The minimum atomic E-state index is -0.143. The summed E-state index contributed by atoms with van der Waals surface area (Å²) in [6.07, 6.45) is 0. The Morgan fingerprint density at radius 2 is 1.75 bits per heavy atom. The number of urea groups is 1. The highest BCUT2D eigenvalue weighted by Gasteiger charge is 2.15. The molecule has 2 aromatic rings. The predicted octanol–water partition coefficient (Wildman–Crippen LogP) is 3.61. The summed E-state index contributed by atoms with van der Waals surface area (Å²) in [4.78, 5) is 14.0. The Bertz CT molecular complexity index is 674. The quantitative estimate of drug-likeness (QED) is 0.881. The van der Waals surface area contributed by atoms with Crippen LogP contribution in [0.5, 0.6) is 11.5 Å². The summed E-state index contributed by atoms with van der Waals surface area (Å²) >= 11 is 0. The molecule has 0 radical (unpaired) electrons. The van der Waals surface area contributed by atoms with Gasteiger partial charge in [-0.25, -0.2) is 4.79 Å². The maximum Gasteiger partial charge on any atom is 0.317 e. The van der Waals surface area contributed by atoms with E-state index in [4.69, 9.17) is 9.47 Å². The average Bonchev–Trinajstić information content (AvgIpc) is 2.61. The SMILES string of the molecule is COc1ccc(C(C)NC(=O)N(C)Cc2ccccc2)cc1OC. The van der Waals surface area contributed by atoms with Crippen molar-refractivity contribution in [2.24, 2.45) is 0 Å². The van der Waals surface area contributed by atoms with Gasteiger partial charge in [-0.3, -0.25) is 0 Å². The molecule has 2 rings (SSSR count). The molecule has 5 nitrogen and oxygen atoms in total. The van der Waals surface area contributed by atoms with Gasteiger partial charge in [-0.1, -0.05) is 36.4 Å². The molecule has 0 heterocycles. The summed E-state index contributed by atoms with van der Waals surface area (Å²) in [7, 11) is 4.98. The third kappa shape index (κ3) is 4.41. The van der Waals surface area contributed by atoms with Gasteiger partial charge in [0, 0.05) is 13.6 Å². The largest absolute Gasteiger partial charge is 0.493 e. The number of benzene rings is 2. The van der Waals surface area contributed by atoms with Crippen molar-refractivity contribution < 1.29 is 14.3 Å². The first-order valence-corrected chi connectivity index (χ1v) is 7.82. The van der Waals surface area contributed by atoms with Crippen LogP contribution in [0.2, 0.25) is 0 Å². The monoisotopic (exact) mass is 328 g/mol. The van der Waals surface area contributed by atoms with Crippen molar-refractivity contribution in [3.63, 3.8) is 0 Å². The van der Waals surface area contributed by atoms with E-state index < -0.39 is 0 Å². The van der Waals surface area contributed by atoms with E-state index in [1.54, 1.807) is 26.2 Å². The summed E-state index contributed by atoms with van der Waals surface area (Å²) < 4.78 is 10.5. The maximum atomic E-state index is 12.4. The fourth-order valence-corrected chi connectivity index (χ4v) is 2.43. The molecule has 1 N–H and O–H groups in total. The third-order valence-electron chi connectivity index (χ3n) is 3.86. The summed E-state index contributed by atoms with van der Waals surface area (Å²) in [5.74, 6) is 1.31. The van der Waals surface area contributed by atoms with Gasteiger partial charge in [-0.2, -0.15) is 0 Å². The van der Waals surface area contributed by atoms with Gasteiger partial charge in [-0.15, -0.1) is 0 Å². The molecule has 0 fully saturated rings. The summed E-state index contributed by atoms with van der Waals surface area (Å²) in [6.45, 7) is 2.50. The first-order valence-electron chi connectivity index (χ1n) is 7.82. The maximum absolute atomic E-state index is 12.4. The average molecular weight is 328 g/mol. The van der Waals surface area contributed by atoms with Crippen LogP contribution in [-0.4, -0.2) is 32.2 Å². The zero-order chi connectivity index (χ0) is 17.5. The molecule has 0 aliphatic rings. The fourth-order valence-electron chi connectivity index (χ4n) is 2.43. The Hall–Kier alpha value is -2.69. The van der Waals surface area contributed by atoms with Crippen molar-refractivity contribution in [3.8, 4) is 11.5 Å². The zero-order valence-corrected chi connectivity index (χ0v) is 14.6. The topological polar surface area (TPSA) is 50.8 Å². The van der Waals surface area contributed by atoms with Crippen molar-refractivity contribution >= 4 is 6.03 Å².